The lowest BCUT2D eigenvalue weighted by Crippen LogP contribution is -2.22. The summed E-state index contributed by atoms with van der Waals surface area (Å²) in [6.45, 7) is 0.621. The molecule has 0 unspecified atom stereocenters. The Bertz CT molecular complexity index is 1190. The highest BCUT2D eigenvalue weighted by atomic mass is 79.9. The Morgan fingerprint density at radius 1 is 0.893 bits per heavy atom. The Balaban J connectivity index is 1.69. The van der Waals surface area contributed by atoms with Gasteiger partial charge in [-0.1, -0.05) is 64.5 Å². The molecule has 0 radical (unpaired) electrons. The molecule has 4 aromatic rings. The van der Waals surface area contributed by atoms with Crippen molar-refractivity contribution in [3.63, 3.8) is 0 Å². The van der Waals surface area contributed by atoms with Gasteiger partial charge < -0.3 is 5.43 Å². The van der Waals surface area contributed by atoms with E-state index in [0.717, 1.165) is 4.47 Å². The van der Waals surface area contributed by atoms with Gasteiger partial charge in [0.2, 0.25) is 5.78 Å². The van der Waals surface area contributed by atoms with Gasteiger partial charge in [-0.05, 0) is 57.4 Å². The first-order valence-corrected chi connectivity index (χ1v) is 10.0. The summed E-state index contributed by atoms with van der Waals surface area (Å²) >= 11 is 3.43. The average molecular weight is 429 g/mol. The highest BCUT2D eigenvalue weighted by molar-refractivity contribution is 9.10. The molecule has 0 amide bonds. The summed E-state index contributed by atoms with van der Waals surface area (Å²) in [5, 5.41) is 9.11. The molecule has 0 fully saturated rings. The van der Waals surface area contributed by atoms with Crippen LogP contribution in [0.15, 0.2) is 88.4 Å². The van der Waals surface area contributed by atoms with Crippen LogP contribution < -0.4 is 5.43 Å². The molecule has 1 aliphatic heterocycles. The van der Waals surface area contributed by atoms with E-state index in [2.05, 4.69) is 81.1 Å². The van der Waals surface area contributed by atoms with Crippen molar-refractivity contribution < 1.29 is 4.79 Å². The molecule has 1 N–H and O–H groups in total. The molecule has 0 bridgehead atoms. The first-order chi connectivity index (χ1) is 13.7. The van der Waals surface area contributed by atoms with Gasteiger partial charge in [0, 0.05) is 16.6 Å². The number of carbonyl (C=O) groups is 1. The number of rotatable bonds is 3. The van der Waals surface area contributed by atoms with Crippen LogP contribution in [0.5, 0.6) is 0 Å². The Hall–Kier alpha value is -2.98. The molecule has 28 heavy (non-hydrogen) atoms. The van der Waals surface area contributed by atoms with Gasteiger partial charge in [0.25, 0.3) is 0 Å². The molecule has 136 valence electrons. The Kier molecular flexibility index (Phi) is 4.21. The first kappa shape index (κ1) is 17.1. The number of hydrazone groups is 1. The van der Waals surface area contributed by atoms with Crippen LogP contribution in [-0.4, -0.2) is 18.0 Å². The molecule has 1 heterocycles. The number of ketones is 1. The number of nitrogens with one attached hydrogen (secondary N) is 1. The molecule has 0 saturated heterocycles. The molecule has 3 nitrogen and oxygen atoms in total. The quantitative estimate of drug-likeness (QED) is 0.336. The van der Waals surface area contributed by atoms with Gasteiger partial charge in [0.15, 0.2) is 0 Å². The van der Waals surface area contributed by atoms with Crippen LogP contribution in [0, 0.1) is 0 Å². The molecule has 0 spiro atoms. The van der Waals surface area contributed by atoms with Crippen LogP contribution in [0.4, 0.5) is 0 Å². The molecule has 4 heteroatoms. The van der Waals surface area contributed by atoms with Gasteiger partial charge in [-0.15, -0.1) is 0 Å². The molecule has 0 aliphatic carbocycles. The topological polar surface area (TPSA) is 41.5 Å². The lowest BCUT2D eigenvalue weighted by Gasteiger charge is -2.18. The van der Waals surface area contributed by atoms with Crippen molar-refractivity contribution in [2.75, 3.05) is 6.54 Å². The van der Waals surface area contributed by atoms with E-state index in [-0.39, 0.29) is 11.7 Å². The maximum Gasteiger partial charge on any atom is 0.209 e. The van der Waals surface area contributed by atoms with E-state index in [9.17, 15) is 4.79 Å². The summed E-state index contributed by atoms with van der Waals surface area (Å²) in [6, 6.07) is 26.4. The van der Waals surface area contributed by atoms with Crippen LogP contribution in [0.2, 0.25) is 0 Å². The maximum atomic E-state index is 13.2. The summed E-state index contributed by atoms with van der Waals surface area (Å²) in [5.74, 6) is -0.119. The summed E-state index contributed by atoms with van der Waals surface area (Å²) in [7, 11) is 0. The number of hydrogen-bond acceptors (Lipinski definition) is 3. The predicted octanol–water partition coefficient (Wildman–Crippen LogP) is 5.68. The van der Waals surface area contributed by atoms with Gasteiger partial charge in [-0.2, -0.15) is 5.10 Å². The van der Waals surface area contributed by atoms with Crippen LogP contribution in [0.1, 0.15) is 21.8 Å². The van der Waals surface area contributed by atoms with E-state index in [4.69, 9.17) is 0 Å². The zero-order chi connectivity index (χ0) is 19.1. The van der Waals surface area contributed by atoms with Crippen molar-refractivity contribution in [3.8, 4) is 0 Å². The third kappa shape index (κ3) is 2.81. The largest absolute Gasteiger partial charge is 0.309 e. The average Bonchev–Trinajstić information content (AvgIpc) is 3.21. The lowest BCUT2D eigenvalue weighted by molar-refractivity contribution is 0.106. The summed E-state index contributed by atoms with van der Waals surface area (Å²) in [5.41, 5.74) is 5.47. The third-order valence-electron chi connectivity index (χ3n) is 5.33. The zero-order valence-corrected chi connectivity index (χ0v) is 16.6. The van der Waals surface area contributed by atoms with Crippen LogP contribution in [-0.2, 0) is 0 Å². The zero-order valence-electron chi connectivity index (χ0n) is 15.0. The number of nitrogens with zero attached hydrogens (tertiary/aromatic N) is 1. The number of Topliss-reactive ketones (excluding diaryl/α,β-unsaturated/α-hetero) is 1. The number of halogens is 1. The minimum atomic E-state index is -0.0906. The summed E-state index contributed by atoms with van der Waals surface area (Å²) < 4.78 is 0.951. The van der Waals surface area contributed by atoms with Gasteiger partial charge in [0.05, 0.1) is 5.92 Å². The van der Waals surface area contributed by atoms with Gasteiger partial charge in [-0.3, -0.25) is 4.79 Å². The van der Waals surface area contributed by atoms with Gasteiger partial charge >= 0.3 is 0 Å². The van der Waals surface area contributed by atoms with Crippen LogP contribution in [0.25, 0.3) is 21.5 Å². The number of benzene rings is 4. The van der Waals surface area contributed by atoms with Crippen molar-refractivity contribution in [3.05, 3.63) is 94.5 Å². The van der Waals surface area contributed by atoms with E-state index in [0.29, 0.717) is 17.8 Å². The minimum Gasteiger partial charge on any atom is -0.309 e. The van der Waals surface area contributed by atoms with Crippen molar-refractivity contribution in [1.29, 1.82) is 0 Å². The van der Waals surface area contributed by atoms with E-state index >= 15 is 0 Å². The molecular formula is C24H17BrN2O. The summed E-state index contributed by atoms with van der Waals surface area (Å²) in [6.07, 6.45) is 0. The third-order valence-corrected chi connectivity index (χ3v) is 5.85. The molecule has 0 saturated carbocycles. The van der Waals surface area contributed by atoms with E-state index in [1.54, 1.807) is 0 Å². The monoisotopic (exact) mass is 428 g/mol. The Labute approximate surface area is 171 Å². The molecule has 4 aromatic carbocycles. The fraction of sp³-hybridized carbons (Fsp3) is 0.0833. The summed E-state index contributed by atoms with van der Waals surface area (Å²) in [4.78, 5) is 13.2. The van der Waals surface area contributed by atoms with Crippen LogP contribution in [0.3, 0.4) is 0 Å². The second-order valence-electron chi connectivity index (χ2n) is 6.98. The molecule has 0 aromatic heterocycles. The SMILES string of the molecule is O=C(C1=NNC[C@H]1c1c2ccccc2cc2ccccc12)c1ccc(Br)cc1. The molecule has 5 rings (SSSR count). The van der Waals surface area contributed by atoms with Gasteiger partial charge in [-0.25, -0.2) is 0 Å². The van der Waals surface area contributed by atoms with E-state index in [1.807, 2.05) is 24.3 Å². The molecule has 1 aliphatic rings. The normalized spacial score (nSPS) is 16.2. The second kappa shape index (κ2) is 6.88. The number of hydrogen-bond donors (Lipinski definition) is 1. The number of fused-ring (bicyclic) bond motifs is 2. The molecular weight excluding hydrogens is 412 g/mol. The first-order valence-electron chi connectivity index (χ1n) is 9.23. The predicted molar refractivity (Wildman–Crippen MR) is 118 cm³/mol. The number of carbonyl (C=O) groups excluding carboxylic acids is 1. The van der Waals surface area contributed by atoms with Crippen molar-refractivity contribution in [1.82, 2.24) is 5.43 Å². The maximum absolute atomic E-state index is 13.2. The fourth-order valence-corrected chi connectivity index (χ4v) is 4.28. The highest BCUT2D eigenvalue weighted by Crippen LogP contribution is 2.36. The Morgan fingerprint density at radius 3 is 2.14 bits per heavy atom. The second-order valence-corrected chi connectivity index (χ2v) is 7.90. The molecule has 1 atom stereocenters. The lowest BCUT2D eigenvalue weighted by atomic mass is 9.84. The standard InChI is InChI=1S/C24H17BrN2O/c25-18-11-9-15(10-12-18)24(28)23-21(14-26-27-23)22-19-7-3-1-5-16(19)13-17-6-2-4-8-20(17)22/h1-13,21,26H,14H2/t21-/m0/s1. The Morgan fingerprint density at radius 2 is 1.50 bits per heavy atom. The van der Waals surface area contributed by atoms with E-state index in [1.165, 1.54) is 27.1 Å². The smallest absolute Gasteiger partial charge is 0.209 e. The van der Waals surface area contributed by atoms with Crippen molar-refractivity contribution in [2.24, 2.45) is 5.10 Å². The van der Waals surface area contributed by atoms with Crippen LogP contribution >= 0.6 is 15.9 Å². The van der Waals surface area contributed by atoms with Gasteiger partial charge in [0.1, 0.15) is 5.71 Å². The minimum absolute atomic E-state index is 0.0282. The van der Waals surface area contributed by atoms with E-state index < -0.39 is 0 Å². The highest BCUT2D eigenvalue weighted by Gasteiger charge is 2.31. The fourth-order valence-electron chi connectivity index (χ4n) is 4.02. The van der Waals surface area contributed by atoms with Crippen molar-refractivity contribution >= 4 is 49.0 Å². The van der Waals surface area contributed by atoms with Crippen molar-refractivity contribution in [2.45, 2.75) is 5.92 Å².